The van der Waals surface area contributed by atoms with E-state index in [0.29, 0.717) is 12.4 Å². The van der Waals surface area contributed by atoms with Gasteiger partial charge in [0.05, 0.1) is 22.4 Å². The summed E-state index contributed by atoms with van der Waals surface area (Å²) in [6.45, 7) is 10.9. The van der Waals surface area contributed by atoms with Crippen LogP contribution in [-0.4, -0.2) is 38.9 Å². The first-order valence-electron chi connectivity index (χ1n) is 13.0. The fraction of sp³-hybridized carbons (Fsp3) is 0.333. The molecule has 0 radical (unpaired) electrons. The second-order valence-electron chi connectivity index (χ2n) is 10.8. The lowest BCUT2D eigenvalue weighted by molar-refractivity contribution is -0.123. The van der Waals surface area contributed by atoms with Gasteiger partial charge in [-0.1, -0.05) is 39.0 Å². The van der Waals surface area contributed by atoms with Crippen molar-refractivity contribution in [3.63, 3.8) is 0 Å². The van der Waals surface area contributed by atoms with Crippen LogP contribution >= 0.6 is 23.1 Å². The van der Waals surface area contributed by atoms with Crippen molar-refractivity contribution in [2.24, 2.45) is 0 Å². The molecule has 39 heavy (non-hydrogen) atoms. The van der Waals surface area contributed by atoms with Gasteiger partial charge in [-0.05, 0) is 60.2 Å². The Hall–Kier alpha value is -3.43. The fourth-order valence-corrected chi connectivity index (χ4v) is 6.95. The summed E-state index contributed by atoms with van der Waals surface area (Å²) in [6.07, 6.45) is 3.40. The third-order valence-electron chi connectivity index (χ3n) is 6.95. The second-order valence-corrected chi connectivity index (χ2v) is 12.9. The molecule has 1 unspecified atom stereocenters. The van der Waals surface area contributed by atoms with Crippen LogP contribution in [0.25, 0.3) is 5.69 Å². The molecule has 1 aliphatic heterocycles. The van der Waals surface area contributed by atoms with E-state index in [-0.39, 0.29) is 34.8 Å². The average Bonchev–Trinajstić information content (AvgIpc) is 3.55. The molecule has 1 N–H and O–H groups in total. The van der Waals surface area contributed by atoms with Gasteiger partial charge in [0.2, 0.25) is 11.8 Å². The Kier molecular flexibility index (Phi) is 7.64. The zero-order chi connectivity index (χ0) is 27.7. The molecule has 9 heteroatoms. The van der Waals surface area contributed by atoms with E-state index in [1.54, 1.807) is 40.4 Å². The van der Waals surface area contributed by atoms with Crippen molar-refractivity contribution in [2.45, 2.75) is 51.8 Å². The van der Waals surface area contributed by atoms with Crippen molar-refractivity contribution in [1.82, 2.24) is 20.1 Å². The molecule has 2 amide bonds. The Bertz CT molecular complexity index is 1490. The van der Waals surface area contributed by atoms with Gasteiger partial charge in [0.1, 0.15) is 12.4 Å². The van der Waals surface area contributed by atoms with E-state index < -0.39 is 0 Å². The maximum absolute atomic E-state index is 13.8. The predicted molar refractivity (Wildman–Crippen MR) is 159 cm³/mol. The molecular weight excluding hydrogens is 526 g/mol. The van der Waals surface area contributed by atoms with Crippen molar-refractivity contribution in [1.29, 1.82) is 0 Å². The lowest BCUT2D eigenvalue weighted by Crippen LogP contribution is -2.42. The summed E-state index contributed by atoms with van der Waals surface area (Å²) in [6, 6.07) is 14.0. The van der Waals surface area contributed by atoms with Crippen LogP contribution in [0, 0.1) is 13.8 Å². The van der Waals surface area contributed by atoms with Crippen LogP contribution in [0.4, 0.5) is 5.82 Å². The highest BCUT2D eigenvalue weighted by atomic mass is 32.2. The number of thiophene rings is 1. The first-order chi connectivity index (χ1) is 18.6. The molecule has 202 valence electrons. The monoisotopic (exact) mass is 559 g/mol. The quantitative estimate of drug-likeness (QED) is 0.326. The van der Waals surface area contributed by atoms with E-state index in [0.717, 1.165) is 33.6 Å². The summed E-state index contributed by atoms with van der Waals surface area (Å²) in [4.78, 5) is 33.9. The molecule has 0 saturated heterocycles. The van der Waals surface area contributed by atoms with Crippen molar-refractivity contribution in [2.75, 3.05) is 17.2 Å². The van der Waals surface area contributed by atoms with E-state index in [1.165, 1.54) is 4.88 Å². The maximum Gasteiger partial charge on any atom is 0.240 e. The minimum absolute atomic E-state index is 0.0677. The van der Waals surface area contributed by atoms with Gasteiger partial charge >= 0.3 is 0 Å². The largest absolute Gasteiger partial charge is 0.350 e. The van der Waals surface area contributed by atoms with Crippen molar-refractivity contribution >= 4 is 40.7 Å². The predicted octanol–water partition coefficient (Wildman–Crippen LogP) is 5.73. The Morgan fingerprint density at radius 2 is 1.87 bits per heavy atom. The second kappa shape index (κ2) is 11.0. The molecule has 5 rings (SSSR count). The number of aryl methyl sites for hydroxylation is 1. The third kappa shape index (κ3) is 5.51. The van der Waals surface area contributed by atoms with E-state index in [1.807, 2.05) is 35.0 Å². The number of benzene rings is 1. The van der Waals surface area contributed by atoms with Crippen LogP contribution in [0.1, 0.15) is 58.8 Å². The number of pyridine rings is 1. The molecule has 1 atom stereocenters. The number of thioether (sulfide) groups is 1. The van der Waals surface area contributed by atoms with Crippen molar-refractivity contribution in [3.8, 4) is 5.69 Å². The van der Waals surface area contributed by atoms with Crippen LogP contribution in [0.2, 0.25) is 0 Å². The zero-order valence-electron chi connectivity index (χ0n) is 22.9. The van der Waals surface area contributed by atoms with Crippen LogP contribution in [0.3, 0.4) is 0 Å². The Labute approximate surface area is 237 Å². The van der Waals surface area contributed by atoms with E-state index >= 15 is 0 Å². The number of carbonyl (C=O) groups excluding carboxylic acids is 2. The summed E-state index contributed by atoms with van der Waals surface area (Å²) in [7, 11) is 0. The highest BCUT2D eigenvalue weighted by molar-refractivity contribution is 8.00. The van der Waals surface area contributed by atoms with Gasteiger partial charge in [0.15, 0.2) is 0 Å². The van der Waals surface area contributed by atoms with E-state index in [2.05, 4.69) is 62.4 Å². The average molecular weight is 560 g/mol. The molecule has 4 heterocycles. The summed E-state index contributed by atoms with van der Waals surface area (Å²) in [5.41, 5.74) is 5.73. The summed E-state index contributed by atoms with van der Waals surface area (Å²) >= 11 is 3.29. The number of amides is 2. The number of hydrogen-bond acceptors (Lipinski definition) is 6. The summed E-state index contributed by atoms with van der Waals surface area (Å²) in [5, 5.41) is 10.2. The molecular formula is C30H33N5O2S2. The SMILES string of the molecule is Cc1cccc(-n2nc(C(C)(C)C)c3c2N(CC(=O)NCc2ccncc2)C(=O)CSC3c2cccs2)c1C. The first kappa shape index (κ1) is 27.1. The Balaban J connectivity index is 1.66. The molecule has 0 fully saturated rings. The van der Waals surface area contributed by atoms with Gasteiger partial charge in [-0.3, -0.25) is 19.5 Å². The number of carbonyl (C=O) groups is 2. The molecule has 0 spiro atoms. The number of aromatic nitrogens is 3. The van der Waals surface area contributed by atoms with Crippen LogP contribution in [0.5, 0.6) is 0 Å². The van der Waals surface area contributed by atoms with Crippen LogP contribution in [-0.2, 0) is 21.5 Å². The Morgan fingerprint density at radius 3 is 2.56 bits per heavy atom. The number of anilines is 1. The maximum atomic E-state index is 13.8. The normalized spacial score (nSPS) is 15.7. The number of fused-ring (bicyclic) bond motifs is 1. The molecule has 1 aliphatic rings. The van der Waals surface area contributed by atoms with Gasteiger partial charge in [0.25, 0.3) is 0 Å². The first-order valence-corrected chi connectivity index (χ1v) is 14.9. The molecule has 0 saturated carbocycles. The standard InChI is InChI=1S/C30H33N5O2S2/c1-19-8-6-9-22(20(19)2)35-29-26(28(33-35)30(3,4)5)27(23-10-7-15-38-23)39-18-25(37)34(29)17-24(36)32-16-21-11-13-31-14-12-21/h6-15,27H,16-18H2,1-5H3,(H,32,36). The molecule has 7 nitrogen and oxygen atoms in total. The fourth-order valence-electron chi connectivity index (χ4n) is 4.77. The minimum atomic E-state index is -0.286. The van der Waals surface area contributed by atoms with Crippen molar-refractivity contribution < 1.29 is 9.59 Å². The molecule has 1 aromatic carbocycles. The highest BCUT2D eigenvalue weighted by Crippen LogP contribution is 2.49. The van der Waals surface area contributed by atoms with Gasteiger partial charge in [-0.2, -0.15) is 5.10 Å². The molecule has 3 aromatic heterocycles. The van der Waals surface area contributed by atoms with Crippen LogP contribution < -0.4 is 10.2 Å². The topological polar surface area (TPSA) is 80.1 Å². The molecule has 0 aliphatic carbocycles. The minimum Gasteiger partial charge on any atom is -0.350 e. The van der Waals surface area contributed by atoms with E-state index in [9.17, 15) is 9.59 Å². The van der Waals surface area contributed by atoms with Crippen LogP contribution in [0.15, 0.2) is 60.2 Å². The third-order valence-corrected chi connectivity index (χ3v) is 9.27. The molecule has 0 bridgehead atoms. The number of nitrogens with zero attached hydrogens (tertiary/aromatic N) is 4. The smallest absolute Gasteiger partial charge is 0.240 e. The lowest BCUT2D eigenvalue weighted by Gasteiger charge is -2.24. The summed E-state index contributed by atoms with van der Waals surface area (Å²) in [5.74, 6) is 0.620. The van der Waals surface area contributed by atoms with Gasteiger partial charge in [0, 0.05) is 34.8 Å². The number of hydrogen-bond donors (Lipinski definition) is 1. The zero-order valence-corrected chi connectivity index (χ0v) is 24.5. The van der Waals surface area contributed by atoms with Crippen molar-refractivity contribution in [3.05, 3.63) is 93.1 Å². The van der Waals surface area contributed by atoms with Gasteiger partial charge in [-0.25, -0.2) is 4.68 Å². The lowest BCUT2D eigenvalue weighted by atomic mass is 9.88. The molecule has 4 aromatic rings. The number of rotatable bonds is 6. The van der Waals surface area contributed by atoms with E-state index in [4.69, 9.17) is 5.10 Å². The number of nitrogens with one attached hydrogen (secondary N) is 1. The Morgan fingerprint density at radius 1 is 1.10 bits per heavy atom. The highest BCUT2D eigenvalue weighted by Gasteiger charge is 2.40. The van der Waals surface area contributed by atoms with Gasteiger partial charge < -0.3 is 5.32 Å². The van der Waals surface area contributed by atoms with Gasteiger partial charge in [-0.15, -0.1) is 23.1 Å². The summed E-state index contributed by atoms with van der Waals surface area (Å²) < 4.78 is 1.90.